The number of benzene rings is 2. The van der Waals surface area contributed by atoms with Gasteiger partial charge < -0.3 is 15.0 Å². The highest BCUT2D eigenvalue weighted by Gasteiger charge is 2.14. The number of carbonyl (C=O) groups is 1. The van der Waals surface area contributed by atoms with Crippen LogP contribution in [0.15, 0.2) is 36.4 Å². The Balaban J connectivity index is 1.59. The van der Waals surface area contributed by atoms with E-state index in [0.29, 0.717) is 24.2 Å². The van der Waals surface area contributed by atoms with Crippen molar-refractivity contribution in [1.29, 1.82) is 0 Å². The maximum Gasteiger partial charge on any atom is 0.257 e. The minimum Gasteiger partial charge on any atom is -0.484 e. The number of hydrogen-bond donors (Lipinski definition) is 2. The number of nitrogens with one attached hydrogen (secondary N) is 2. The molecule has 0 aliphatic heterocycles. The van der Waals surface area contributed by atoms with Crippen molar-refractivity contribution in [2.24, 2.45) is 0 Å². The third-order valence-electron chi connectivity index (χ3n) is 4.58. The highest BCUT2D eigenvalue weighted by Crippen LogP contribution is 2.27. The maximum absolute atomic E-state index is 14.0. The molecule has 0 unspecified atom stereocenters. The Labute approximate surface area is 152 Å². The first-order chi connectivity index (χ1) is 12.5. The summed E-state index contributed by atoms with van der Waals surface area (Å²) in [7, 11) is 0. The van der Waals surface area contributed by atoms with E-state index >= 15 is 0 Å². The summed E-state index contributed by atoms with van der Waals surface area (Å²) in [6.07, 6.45) is 0.631. The number of H-pyrrole nitrogens is 1. The fourth-order valence-electron chi connectivity index (χ4n) is 3.20. The first kappa shape index (κ1) is 18.0. The van der Waals surface area contributed by atoms with Gasteiger partial charge in [-0.15, -0.1) is 0 Å². The fraction of sp³-hybridized carbons (Fsp3) is 0.286. The smallest absolute Gasteiger partial charge is 0.257 e. The molecule has 2 aromatic carbocycles. The van der Waals surface area contributed by atoms with Gasteiger partial charge in [-0.25, -0.2) is 4.39 Å². The molecular weight excluding hydrogens is 331 g/mol. The largest absolute Gasteiger partial charge is 0.484 e. The van der Waals surface area contributed by atoms with E-state index in [1.54, 1.807) is 6.07 Å². The predicted octanol–water partition coefficient (Wildman–Crippen LogP) is 3.97. The van der Waals surface area contributed by atoms with Crippen LogP contribution >= 0.6 is 0 Å². The van der Waals surface area contributed by atoms with E-state index in [4.69, 9.17) is 4.74 Å². The molecule has 0 radical (unpaired) electrons. The number of carbonyl (C=O) groups excluding carboxylic acids is 1. The van der Waals surface area contributed by atoms with Gasteiger partial charge in [0, 0.05) is 17.6 Å². The topological polar surface area (TPSA) is 54.1 Å². The van der Waals surface area contributed by atoms with Crippen LogP contribution in [-0.4, -0.2) is 24.0 Å². The molecule has 5 heteroatoms. The van der Waals surface area contributed by atoms with Crippen molar-refractivity contribution in [3.63, 3.8) is 0 Å². The number of para-hydroxylation sites is 1. The molecule has 2 N–H and O–H groups in total. The lowest BCUT2D eigenvalue weighted by Gasteiger charge is -2.10. The standard InChI is InChI=1S/C21H23FN2O2/c1-13-6-4-5-7-18(13)26-12-19(25)23-11-10-16-15(3)24-21-17(22)9-8-14(2)20(16)21/h4-9,24H,10-12H2,1-3H3,(H,23,25). The summed E-state index contributed by atoms with van der Waals surface area (Å²) >= 11 is 0. The molecule has 3 rings (SSSR count). The minimum atomic E-state index is -0.254. The van der Waals surface area contributed by atoms with Crippen molar-refractivity contribution in [1.82, 2.24) is 10.3 Å². The number of fused-ring (bicyclic) bond motifs is 1. The molecule has 136 valence electrons. The summed E-state index contributed by atoms with van der Waals surface area (Å²) in [6.45, 7) is 6.28. The Morgan fingerprint density at radius 1 is 1.12 bits per heavy atom. The average Bonchev–Trinajstić information content (AvgIpc) is 2.95. The first-order valence-corrected chi connectivity index (χ1v) is 8.68. The van der Waals surface area contributed by atoms with Gasteiger partial charge in [0.1, 0.15) is 11.6 Å². The van der Waals surface area contributed by atoms with Crippen LogP contribution in [0.25, 0.3) is 10.9 Å². The Hall–Kier alpha value is -2.82. The molecule has 0 fully saturated rings. The van der Waals surface area contributed by atoms with Gasteiger partial charge in [-0.2, -0.15) is 0 Å². The third-order valence-corrected chi connectivity index (χ3v) is 4.58. The van der Waals surface area contributed by atoms with Gasteiger partial charge in [-0.05, 0) is 56.0 Å². The molecule has 4 nitrogen and oxygen atoms in total. The van der Waals surface area contributed by atoms with Crippen LogP contribution in [0.1, 0.15) is 22.4 Å². The average molecular weight is 354 g/mol. The Morgan fingerprint density at radius 2 is 1.88 bits per heavy atom. The number of amides is 1. The minimum absolute atomic E-state index is 0.0224. The van der Waals surface area contributed by atoms with Crippen molar-refractivity contribution in [3.8, 4) is 5.75 Å². The molecule has 1 heterocycles. The fourth-order valence-corrected chi connectivity index (χ4v) is 3.20. The second-order valence-corrected chi connectivity index (χ2v) is 6.50. The summed E-state index contributed by atoms with van der Waals surface area (Å²) in [5, 5.41) is 3.78. The number of aromatic nitrogens is 1. The van der Waals surface area contributed by atoms with Gasteiger partial charge in [-0.3, -0.25) is 4.79 Å². The second kappa shape index (κ2) is 7.60. The summed E-state index contributed by atoms with van der Waals surface area (Å²) < 4.78 is 19.5. The molecule has 1 amide bonds. The van der Waals surface area contributed by atoms with Crippen LogP contribution in [0.4, 0.5) is 4.39 Å². The molecule has 0 aliphatic rings. The Bertz CT molecular complexity index is 947. The molecule has 0 aliphatic carbocycles. The number of halogens is 1. The summed E-state index contributed by atoms with van der Waals surface area (Å²) in [5.74, 6) is 0.283. The van der Waals surface area contributed by atoms with Crippen LogP contribution in [0, 0.1) is 26.6 Å². The van der Waals surface area contributed by atoms with Crippen LogP contribution < -0.4 is 10.1 Å². The lowest BCUT2D eigenvalue weighted by Crippen LogP contribution is -2.30. The van der Waals surface area contributed by atoms with E-state index in [-0.39, 0.29) is 18.3 Å². The number of ether oxygens (including phenoxy) is 1. The van der Waals surface area contributed by atoms with Gasteiger partial charge in [-0.1, -0.05) is 24.3 Å². The summed E-state index contributed by atoms with van der Waals surface area (Å²) in [4.78, 5) is 15.1. The zero-order chi connectivity index (χ0) is 18.7. The van der Waals surface area contributed by atoms with E-state index in [1.807, 2.05) is 45.0 Å². The van der Waals surface area contributed by atoms with Gasteiger partial charge in [0.25, 0.3) is 5.91 Å². The van der Waals surface area contributed by atoms with E-state index in [0.717, 1.165) is 27.8 Å². The monoisotopic (exact) mass is 354 g/mol. The first-order valence-electron chi connectivity index (χ1n) is 8.68. The number of hydrogen-bond acceptors (Lipinski definition) is 2. The van der Waals surface area contributed by atoms with Gasteiger partial charge in [0.2, 0.25) is 0 Å². The molecule has 0 saturated heterocycles. The molecule has 0 saturated carbocycles. The van der Waals surface area contributed by atoms with Gasteiger partial charge >= 0.3 is 0 Å². The van der Waals surface area contributed by atoms with Gasteiger partial charge in [0.05, 0.1) is 5.52 Å². The molecule has 1 aromatic heterocycles. The summed E-state index contributed by atoms with van der Waals surface area (Å²) in [5.41, 5.74) is 4.52. The molecule has 0 bridgehead atoms. The normalized spacial score (nSPS) is 10.9. The molecule has 0 atom stereocenters. The van der Waals surface area contributed by atoms with Gasteiger partial charge in [0.15, 0.2) is 6.61 Å². The summed E-state index contributed by atoms with van der Waals surface area (Å²) in [6, 6.07) is 10.8. The van der Waals surface area contributed by atoms with E-state index < -0.39 is 0 Å². The third kappa shape index (κ3) is 3.72. The number of aryl methyl sites for hydroxylation is 3. The lowest BCUT2D eigenvalue weighted by molar-refractivity contribution is -0.123. The lowest BCUT2D eigenvalue weighted by atomic mass is 10.0. The van der Waals surface area contributed by atoms with Crippen molar-refractivity contribution in [2.75, 3.05) is 13.2 Å². The van der Waals surface area contributed by atoms with Crippen LogP contribution in [0.2, 0.25) is 0 Å². The van der Waals surface area contributed by atoms with E-state index in [9.17, 15) is 9.18 Å². The van der Waals surface area contributed by atoms with Crippen LogP contribution in [0.5, 0.6) is 5.75 Å². The maximum atomic E-state index is 14.0. The van der Waals surface area contributed by atoms with Crippen LogP contribution in [-0.2, 0) is 11.2 Å². The zero-order valence-electron chi connectivity index (χ0n) is 15.3. The van der Waals surface area contributed by atoms with Crippen LogP contribution in [0.3, 0.4) is 0 Å². The molecule has 26 heavy (non-hydrogen) atoms. The van der Waals surface area contributed by atoms with Crippen molar-refractivity contribution < 1.29 is 13.9 Å². The zero-order valence-corrected chi connectivity index (χ0v) is 15.3. The molecule has 0 spiro atoms. The second-order valence-electron chi connectivity index (χ2n) is 6.50. The number of aromatic amines is 1. The SMILES string of the molecule is Cc1ccccc1OCC(=O)NCCc1c(C)[nH]c2c(F)ccc(C)c12. The highest BCUT2D eigenvalue weighted by atomic mass is 19.1. The quantitative estimate of drug-likeness (QED) is 0.704. The predicted molar refractivity (Wildman–Crippen MR) is 101 cm³/mol. The highest BCUT2D eigenvalue weighted by molar-refractivity contribution is 5.88. The Kier molecular flexibility index (Phi) is 5.26. The molecule has 3 aromatic rings. The van der Waals surface area contributed by atoms with E-state index in [2.05, 4.69) is 10.3 Å². The molecular formula is C21H23FN2O2. The van der Waals surface area contributed by atoms with Crippen molar-refractivity contribution in [2.45, 2.75) is 27.2 Å². The van der Waals surface area contributed by atoms with E-state index in [1.165, 1.54) is 6.07 Å². The number of rotatable bonds is 6. The van der Waals surface area contributed by atoms with Crippen molar-refractivity contribution in [3.05, 3.63) is 64.6 Å². The van der Waals surface area contributed by atoms with Crippen molar-refractivity contribution >= 4 is 16.8 Å². The Morgan fingerprint density at radius 3 is 2.65 bits per heavy atom.